The summed E-state index contributed by atoms with van der Waals surface area (Å²) in [5, 5.41) is 4.30. The molecule has 2 aromatic heterocycles. The summed E-state index contributed by atoms with van der Waals surface area (Å²) in [5.74, 6) is 2.02. The van der Waals surface area contributed by atoms with E-state index >= 15 is 0 Å². The summed E-state index contributed by atoms with van der Waals surface area (Å²) in [4.78, 5) is 4.01. The second-order valence-corrected chi connectivity index (χ2v) is 4.82. The summed E-state index contributed by atoms with van der Waals surface area (Å²) in [6, 6.07) is 4.16. The molecule has 4 heteroatoms. The van der Waals surface area contributed by atoms with Crippen LogP contribution in [0.15, 0.2) is 18.5 Å². The first-order chi connectivity index (χ1) is 7.75. The SMILES string of the molecule is CC1CCC(c2ccc3c(N)ncnn23)C1. The molecule has 1 aliphatic carbocycles. The van der Waals surface area contributed by atoms with Crippen molar-refractivity contribution < 1.29 is 0 Å². The number of anilines is 1. The van der Waals surface area contributed by atoms with Crippen LogP contribution in [0.4, 0.5) is 5.82 Å². The highest BCUT2D eigenvalue weighted by Gasteiger charge is 2.25. The van der Waals surface area contributed by atoms with Gasteiger partial charge in [0.25, 0.3) is 0 Å². The standard InChI is InChI=1S/C12H16N4/c1-8-2-3-9(6-8)10-4-5-11-12(13)14-7-15-16(10)11/h4-5,7-9H,2-3,6H2,1H3,(H2,13,14,15). The molecule has 0 saturated heterocycles. The number of nitrogens with two attached hydrogens (primary N) is 1. The Morgan fingerprint density at radius 1 is 1.38 bits per heavy atom. The van der Waals surface area contributed by atoms with Gasteiger partial charge in [-0.25, -0.2) is 9.50 Å². The lowest BCUT2D eigenvalue weighted by molar-refractivity contribution is 0.586. The van der Waals surface area contributed by atoms with Crippen LogP contribution in [-0.4, -0.2) is 14.6 Å². The van der Waals surface area contributed by atoms with Crippen LogP contribution < -0.4 is 5.73 Å². The molecule has 1 saturated carbocycles. The first kappa shape index (κ1) is 9.63. The number of fused-ring (bicyclic) bond motifs is 1. The third kappa shape index (κ3) is 1.37. The molecule has 0 aromatic carbocycles. The van der Waals surface area contributed by atoms with E-state index in [9.17, 15) is 0 Å². The molecule has 2 atom stereocenters. The minimum absolute atomic E-state index is 0.562. The van der Waals surface area contributed by atoms with Gasteiger partial charge < -0.3 is 5.73 Å². The number of hydrogen-bond acceptors (Lipinski definition) is 3. The van der Waals surface area contributed by atoms with Crippen molar-refractivity contribution in [3.8, 4) is 0 Å². The van der Waals surface area contributed by atoms with Gasteiger partial charge in [0.2, 0.25) is 0 Å². The molecule has 0 aliphatic heterocycles. The van der Waals surface area contributed by atoms with E-state index in [-0.39, 0.29) is 0 Å². The van der Waals surface area contributed by atoms with Gasteiger partial charge in [-0.2, -0.15) is 5.10 Å². The predicted octanol–water partition coefficient (Wildman–Crippen LogP) is 2.22. The fraction of sp³-hybridized carbons (Fsp3) is 0.500. The van der Waals surface area contributed by atoms with Crippen LogP contribution in [-0.2, 0) is 0 Å². The zero-order valence-corrected chi connectivity index (χ0v) is 9.43. The lowest BCUT2D eigenvalue weighted by Gasteiger charge is -2.09. The molecule has 0 bridgehead atoms. The zero-order chi connectivity index (χ0) is 11.1. The Kier molecular flexibility index (Phi) is 2.09. The van der Waals surface area contributed by atoms with Crippen molar-refractivity contribution in [2.24, 2.45) is 5.92 Å². The molecule has 0 radical (unpaired) electrons. The second kappa shape index (κ2) is 3.47. The summed E-state index contributed by atoms with van der Waals surface area (Å²) in [7, 11) is 0. The van der Waals surface area contributed by atoms with Gasteiger partial charge in [-0.3, -0.25) is 0 Å². The molecule has 2 heterocycles. The molecule has 2 aromatic rings. The van der Waals surface area contributed by atoms with Crippen LogP contribution >= 0.6 is 0 Å². The van der Waals surface area contributed by atoms with E-state index in [4.69, 9.17) is 5.73 Å². The maximum absolute atomic E-state index is 5.82. The normalized spacial score (nSPS) is 25.3. The van der Waals surface area contributed by atoms with E-state index in [0.29, 0.717) is 11.7 Å². The van der Waals surface area contributed by atoms with Crippen LogP contribution in [0, 0.1) is 5.92 Å². The maximum Gasteiger partial charge on any atom is 0.151 e. The molecule has 1 aliphatic rings. The van der Waals surface area contributed by atoms with Crippen LogP contribution in [0.5, 0.6) is 0 Å². The Hall–Kier alpha value is -1.58. The number of hydrogen-bond donors (Lipinski definition) is 1. The molecule has 4 nitrogen and oxygen atoms in total. The number of nitrogens with zero attached hydrogens (tertiary/aromatic N) is 3. The quantitative estimate of drug-likeness (QED) is 0.795. The van der Waals surface area contributed by atoms with E-state index in [1.165, 1.54) is 31.3 Å². The third-order valence-electron chi connectivity index (χ3n) is 3.62. The van der Waals surface area contributed by atoms with Crippen molar-refractivity contribution >= 4 is 11.3 Å². The highest BCUT2D eigenvalue weighted by atomic mass is 15.3. The molecular weight excluding hydrogens is 200 g/mol. The van der Waals surface area contributed by atoms with Crippen molar-refractivity contribution in [3.63, 3.8) is 0 Å². The van der Waals surface area contributed by atoms with E-state index in [0.717, 1.165) is 11.4 Å². The lowest BCUT2D eigenvalue weighted by Crippen LogP contribution is -2.04. The third-order valence-corrected chi connectivity index (χ3v) is 3.62. The Morgan fingerprint density at radius 3 is 3.00 bits per heavy atom. The summed E-state index contributed by atoms with van der Waals surface area (Å²) < 4.78 is 1.95. The molecule has 0 spiro atoms. The molecule has 2 unspecified atom stereocenters. The van der Waals surface area contributed by atoms with Crippen LogP contribution in [0.25, 0.3) is 5.52 Å². The first-order valence-electron chi connectivity index (χ1n) is 5.84. The van der Waals surface area contributed by atoms with Gasteiger partial charge >= 0.3 is 0 Å². The molecule has 84 valence electrons. The van der Waals surface area contributed by atoms with E-state index < -0.39 is 0 Å². The van der Waals surface area contributed by atoms with Crippen molar-refractivity contribution in [1.82, 2.24) is 14.6 Å². The zero-order valence-electron chi connectivity index (χ0n) is 9.43. The average Bonchev–Trinajstić information content (AvgIpc) is 2.84. The highest BCUT2D eigenvalue weighted by Crippen LogP contribution is 2.38. The Morgan fingerprint density at radius 2 is 2.25 bits per heavy atom. The van der Waals surface area contributed by atoms with Gasteiger partial charge in [-0.15, -0.1) is 0 Å². The fourth-order valence-electron chi connectivity index (χ4n) is 2.76. The monoisotopic (exact) mass is 216 g/mol. The lowest BCUT2D eigenvalue weighted by atomic mass is 10.0. The molecule has 0 amide bonds. The van der Waals surface area contributed by atoms with E-state index in [1.54, 1.807) is 0 Å². The molecule has 3 rings (SSSR count). The Labute approximate surface area is 94.5 Å². The molecule has 1 fully saturated rings. The Balaban J connectivity index is 2.08. The largest absolute Gasteiger partial charge is 0.382 e. The summed E-state index contributed by atoms with van der Waals surface area (Å²) in [6.07, 6.45) is 5.37. The molecular formula is C12H16N4. The average molecular weight is 216 g/mol. The second-order valence-electron chi connectivity index (χ2n) is 4.82. The number of aromatic nitrogens is 3. The fourth-order valence-corrected chi connectivity index (χ4v) is 2.76. The minimum atomic E-state index is 0.562. The first-order valence-corrected chi connectivity index (χ1v) is 5.84. The van der Waals surface area contributed by atoms with Crippen molar-refractivity contribution in [2.75, 3.05) is 5.73 Å². The van der Waals surface area contributed by atoms with Gasteiger partial charge in [-0.1, -0.05) is 13.3 Å². The van der Waals surface area contributed by atoms with Crippen LogP contribution in [0.1, 0.15) is 37.8 Å². The van der Waals surface area contributed by atoms with Gasteiger partial charge in [-0.05, 0) is 30.9 Å². The maximum atomic E-state index is 5.82. The van der Waals surface area contributed by atoms with Gasteiger partial charge in [0.1, 0.15) is 11.8 Å². The van der Waals surface area contributed by atoms with E-state index in [2.05, 4.69) is 23.1 Å². The van der Waals surface area contributed by atoms with Gasteiger partial charge in [0.15, 0.2) is 5.82 Å². The molecule has 16 heavy (non-hydrogen) atoms. The van der Waals surface area contributed by atoms with Crippen LogP contribution in [0.2, 0.25) is 0 Å². The highest BCUT2D eigenvalue weighted by molar-refractivity contribution is 5.65. The van der Waals surface area contributed by atoms with Crippen molar-refractivity contribution in [1.29, 1.82) is 0 Å². The summed E-state index contributed by atoms with van der Waals surface area (Å²) >= 11 is 0. The molecule has 2 N–H and O–H groups in total. The van der Waals surface area contributed by atoms with E-state index in [1.807, 2.05) is 10.6 Å². The van der Waals surface area contributed by atoms with Crippen molar-refractivity contribution in [3.05, 3.63) is 24.2 Å². The number of nitrogen functional groups attached to an aromatic ring is 1. The Bertz CT molecular complexity index is 517. The van der Waals surface area contributed by atoms with Gasteiger partial charge in [0.05, 0.1) is 0 Å². The van der Waals surface area contributed by atoms with Crippen LogP contribution in [0.3, 0.4) is 0 Å². The predicted molar refractivity (Wildman–Crippen MR) is 63.2 cm³/mol. The topological polar surface area (TPSA) is 56.2 Å². The number of rotatable bonds is 1. The van der Waals surface area contributed by atoms with Gasteiger partial charge in [0, 0.05) is 11.6 Å². The minimum Gasteiger partial charge on any atom is -0.382 e. The van der Waals surface area contributed by atoms with Crippen molar-refractivity contribution in [2.45, 2.75) is 32.1 Å². The summed E-state index contributed by atoms with van der Waals surface area (Å²) in [6.45, 7) is 2.32. The summed E-state index contributed by atoms with van der Waals surface area (Å²) in [5.41, 5.74) is 8.04. The smallest absolute Gasteiger partial charge is 0.151 e.